The van der Waals surface area contributed by atoms with Gasteiger partial charge in [-0.25, -0.2) is 13.4 Å². The fourth-order valence-electron chi connectivity index (χ4n) is 1.75. The summed E-state index contributed by atoms with van der Waals surface area (Å²) in [6.45, 7) is 0.268. The molecule has 0 spiro atoms. The Kier molecular flexibility index (Phi) is 5.24. The molecule has 0 bridgehead atoms. The molecule has 0 fully saturated rings. The zero-order chi connectivity index (χ0) is 15.6. The molecule has 0 aliphatic carbocycles. The first-order valence-electron chi connectivity index (χ1n) is 5.87. The molecule has 1 aromatic carbocycles. The highest BCUT2D eigenvalue weighted by Gasteiger charge is 2.26. The van der Waals surface area contributed by atoms with Crippen molar-refractivity contribution in [3.05, 3.63) is 44.3 Å². The van der Waals surface area contributed by atoms with E-state index < -0.39 is 10.0 Å². The summed E-state index contributed by atoms with van der Waals surface area (Å²) in [4.78, 5) is 4.02. The van der Waals surface area contributed by atoms with Crippen molar-refractivity contribution in [2.45, 2.75) is 18.0 Å². The Morgan fingerprint density at radius 1 is 1.38 bits per heavy atom. The second-order valence-corrected chi connectivity index (χ2v) is 7.87. The maximum atomic E-state index is 12.6. The Bertz CT molecular complexity index is 733. The number of halogens is 2. The third-order valence-electron chi connectivity index (χ3n) is 2.86. The molecule has 21 heavy (non-hydrogen) atoms. The molecule has 0 saturated carbocycles. The maximum Gasteiger partial charge on any atom is 0.244 e. The standard InChI is InChI=1S/C12H13Cl2N3O2S2/c1-17(5-10-6-20-7-16-10)21(18,19)11-3-9(13)2-8(4-15)12(11)14/h2-3,6-7H,4-5,15H2,1H3. The van der Waals surface area contributed by atoms with Crippen LogP contribution in [0.1, 0.15) is 11.3 Å². The maximum absolute atomic E-state index is 12.6. The Balaban J connectivity index is 2.41. The van der Waals surface area contributed by atoms with Crippen molar-refractivity contribution in [2.75, 3.05) is 7.05 Å². The SMILES string of the molecule is CN(Cc1cscn1)S(=O)(=O)c1cc(Cl)cc(CN)c1Cl. The Labute approximate surface area is 137 Å². The minimum Gasteiger partial charge on any atom is -0.326 e. The van der Waals surface area contributed by atoms with Crippen molar-refractivity contribution in [3.63, 3.8) is 0 Å². The second-order valence-electron chi connectivity index (χ2n) is 4.32. The van der Waals surface area contributed by atoms with Gasteiger partial charge in [0.05, 0.1) is 22.8 Å². The number of hydrogen-bond donors (Lipinski definition) is 1. The highest BCUT2D eigenvalue weighted by Crippen LogP contribution is 2.31. The molecule has 0 saturated heterocycles. The largest absolute Gasteiger partial charge is 0.326 e. The summed E-state index contributed by atoms with van der Waals surface area (Å²) < 4.78 is 26.4. The van der Waals surface area contributed by atoms with Gasteiger partial charge in [0.15, 0.2) is 0 Å². The van der Waals surface area contributed by atoms with Gasteiger partial charge in [0.25, 0.3) is 0 Å². The summed E-state index contributed by atoms with van der Waals surface area (Å²) in [5, 5.41) is 2.17. The predicted molar refractivity (Wildman–Crippen MR) is 85.1 cm³/mol. The van der Waals surface area contributed by atoms with Gasteiger partial charge in [-0.15, -0.1) is 11.3 Å². The van der Waals surface area contributed by atoms with E-state index in [2.05, 4.69) is 4.98 Å². The Morgan fingerprint density at radius 2 is 2.10 bits per heavy atom. The van der Waals surface area contributed by atoms with Gasteiger partial charge in [0, 0.05) is 24.0 Å². The number of nitrogens with zero attached hydrogens (tertiary/aromatic N) is 2. The van der Waals surface area contributed by atoms with Crippen LogP contribution in [0.3, 0.4) is 0 Å². The second kappa shape index (κ2) is 6.60. The molecule has 5 nitrogen and oxygen atoms in total. The van der Waals surface area contributed by atoms with Crippen LogP contribution in [0.5, 0.6) is 0 Å². The van der Waals surface area contributed by atoms with Crippen LogP contribution in [0.25, 0.3) is 0 Å². The lowest BCUT2D eigenvalue weighted by Crippen LogP contribution is -2.27. The highest BCUT2D eigenvalue weighted by atomic mass is 35.5. The molecule has 114 valence electrons. The van der Waals surface area contributed by atoms with Crippen LogP contribution >= 0.6 is 34.5 Å². The van der Waals surface area contributed by atoms with E-state index in [1.165, 1.54) is 28.8 Å². The lowest BCUT2D eigenvalue weighted by Gasteiger charge is -2.18. The van der Waals surface area contributed by atoms with Crippen LogP contribution in [0.15, 0.2) is 27.9 Å². The van der Waals surface area contributed by atoms with E-state index in [4.69, 9.17) is 28.9 Å². The molecule has 2 N–H and O–H groups in total. The zero-order valence-electron chi connectivity index (χ0n) is 11.1. The number of sulfonamides is 1. The van der Waals surface area contributed by atoms with Gasteiger partial charge in [-0.3, -0.25) is 0 Å². The van der Waals surface area contributed by atoms with E-state index in [-0.39, 0.29) is 28.0 Å². The minimum atomic E-state index is -3.77. The van der Waals surface area contributed by atoms with Crippen LogP contribution in [-0.2, 0) is 23.1 Å². The monoisotopic (exact) mass is 365 g/mol. The zero-order valence-corrected chi connectivity index (χ0v) is 14.2. The van der Waals surface area contributed by atoms with E-state index in [0.717, 1.165) is 0 Å². The average Bonchev–Trinajstić information content (AvgIpc) is 2.93. The van der Waals surface area contributed by atoms with E-state index in [1.54, 1.807) is 17.0 Å². The lowest BCUT2D eigenvalue weighted by atomic mass is 10.2. The van der Waals surface area contributed by atoms with Crippen LogP contribution in [-0.4, -0.2) is 24.8 Å². The molecular formula is C12H13Cl2N3O2S2. The molecule has 0 unspecified atom stereocenters. The quantitative estimate of drug-likeness (QED) is 0.883. The molecule has 0 radical (unpaired) electrons. The number of hydrogen-bond acceptors (Lipinski definition) is 5. The Morgan fingerprint density at radius 3 is 2.67 bits per heavy atom. The summed E-state index contributed by atoms with van der Waals surface area (Å²) in [5.41, 5.74) is 8.37. The number of rotatable bonds is 5. The summed E-state index contributed by atoms with van der Waals surface area (Å²) in [5.74, 6) is 0. The molecular weight excluding hydrogens is 353 g/mol. The number of benzene rings is 1. The third-order valence-corrected chi connectivity index (χ3v) is 6.10. The molecule has 1 heterocycles. The first-order valence-corrected chi connectivity index (χ1v) is 9.01. The molecule has 2 aromatic rings. The molecule has 0 amide bonds. The molecule has 1 aromatic heterocycles. The minimum absolute atomic E-state index is 0.0464. The fourth-order valence-corrected chi connectivity index (χ4v) is 4.36. The van der Waals surface area contributed by atoms with Gasteiger partial charge < -0.3 is 5.73 Å². The van der Waals surface area contributed by atoms with Gasteiger partial charge in [-0.05, 0) is 17.7 Å². The van der Waals surface area contributed by atoms with E-state index in [0.29, 0.717) is 11.3 Å². The van der Waals surface area contributed by atoms with Crippen molar-refractivity contribution in [2.24, 2.45) is 5.73 Å². The average molecular weight is 366 g/mol. The molecule has 2 rings (SSSR count). The van der Waals surface area contributed by atoms with Crippen molar-refractivity contribution in [1.82, 2.24) is 9.29 Å². The lowest BCUT2D eigenvalue weighted by molar-refractivity contribution is 0.463. The summed E-state index contributed by atoms with van der Waals surface area (Å²) >= 11 is 13.5. The molecule has 0 atom stereocenters. The Hall–Kier alpha value is -0.700. The normalized spacial score (nSPS) is 12.0. The van der Waals surface area contributed by atoms with Gasteiger partial charge in [-0.1, -0.05) is 23.2 Å². The predicted octanol–water partition coefficient (Wildman–Crippen LogP) is 2.73. The van der Waals surface area contributed by atoms with Gasteiger partial charge in [0.1, 0.15) is 4.90 Å². The van der Waals surface area contributed by atoms with Gasteiger partial charge >= 0.3 is 0 Å². The van der Waals surface area contributed by atoms with Crippen LogP contribution in [0.2, 0.25) is 10.0 Å². The van der Waals surface area contributed by atoms with E-state index >= 15 is 0 Å². The summed E-state index contributed by atoms with van der Waals surface area (Å²) in [6, 6.07) is 2.89. The smallest absolute Gasteiger partial charge is 0.244 e. The van der Waals surface area contributed by atoms with E-state index in [9.17, 15) is 8.42 Å². The van der Waals surface area contributed by atoms with Gasteiger partial charge in [-0.2, -0.15) is 4.31 Å². The van der Waals surface area contributed by atoms with E-state index in [1.807, 2.05) is 0 Å². The van der Waals surface area contributed by atoms with Crippen LogP contribution < -0.4 is 5.73 Å². The van der Waals surface area contributed by atoms with Crippen molar-refractivity contribution in [3.8, 4) is 0 Å². The first-order chi connectivity index (χ1) is 9.86. The first kappa shape index (κ1) is 16.7. The molecule has 0 aliphatic heterocycles. The van der Waals surface area contributed by atoms with Crippen molar-refractivity contribution in [1.29, 1.82) is 0 Å². The summed E-state index contributed by atoms with van der Waals surface area (Å²) in [7, 11) is -2.31. The highest BCUT2D eigenvalue weighted by molar-refractivity contribution is 7.89. The number of nitrogens with two attached hydrogens (primary N) is 1. The van der Waals surface area contributed by atoms with Crippen LogP contribution in [0.4, 0.5) is 0 Å². The van der Waals surface area contributed by atoms with Crippen molar-refractivity contribution < 1.29 is 8.42 Å². The van der Waals surface area contributed by atoms with Crippen molar-refractivity contribution >= 4 is 44.6 Å². The van der Waals surface area contributed by atoms with Gasteiger partial charge in [0.2, 0.25) is 10.0 Å². The topological polar surface area (TPSA) is 76.3 Å². The molecule has 0 aliphatic rings. The fraction of sp³-hybridized carbons (Fsp3) is 0.250. The van der Waals surface area contributed by atoms with Crippen LogP contribution in [0, 0.1) is 0 Å². The number of thiazole rings is 1. The molecule has 9 heteroatoms. The number of aromatic nitrogens is 1. The third kappa shape index (κ3) is 3.56. The summed E-state index contributed by atoms with van der Waals surface area (Å²) in [6.07, 6.45) is 0.